The number of benzene rings is 1. The lowest BCUT2D eigenvalue weighted by molar-refractivity contribution is 0.0907. The SMILES string of the molecule is COc1cc(C(=O)C2CCCCCC2)ccc1Cl. The summed E-state index contributed by atoms with van der Waals surface area (Å²) in [4.78, 5) is 12.4. The van der Waals surface area contributed by atoms with Crippen LogP contribution >= 0.6 is 11.6 Å². The van der Waals surface area contributed by atoms with Crippen LogP contribution in [0.3, 0.4) is 0 Å². The summed E-state index contributed by atoms with van der Waals surface area (Å²) in [6.45, 7) is 0. The molecule has 3 heteroatoms. The van der Waals surface area contributed by atoms with Crippen LogP contribution in [0.2, 0.25) is 5.02 Å². The van der Waals surface area contributed by atoms with E-state index >= 15 is 0 Å². The molecule has 0 bridgehead atoms. The van der Waals surface area contributed by atoms with Crippen molar-refractivity contribution in [3.05, 3.63) is 28.8 Å². The summed E-state index contributed by atoms with van der Waals surface area (Å²) in [5.41, 5.74) is 0.725. The number of methoxy groups -OCH3 is 1. The van der Waals surface area contributed by atoms with Gasteiger partial charge in [0.15, 0.2) is 5.78 Å². The highest BCUT2D eigenvalue weighted by Gasteiger charge is 2.22. The van der Waals surface area contributed by atoms with Gasteiger partial charge in [-0.05, 0) is 31.0 Å². The smallest absolute Gasteiger partial charge is 0.166 e. The van der Waals surface area contributed by atoms with Gasteiger partial charge in [-0.1, -0.05) is 37.3 Å². The molecular weight excluding hydrogens is 248 g/mol. The molecule has 0 atom stereocenters. The van der Waals surface area contributed by atoms with E-state index in [0.717, 1.165) is 18.4 Å². The van der Waals surface area contributed by atoms with Gasteiger partial charge in [-0.15, -0.1) is 0 Å². The Morgan fingerprint density at radius 3 is 2.50 bits per heavy atom. The second kappa shape index (κ2) is 6.24. The lowest BCUT2D eigenvalue weighted by Crippen LogP contribution is -2.14. The predicted molar refractivity (Wildman–Crippen MR) is 73.5 cm³/mol. The van der Waals surface area contributed by atoms with E-state index in [4.69, 9.17) is 16.3 Å². The maximum absolute atomic E-state index is 12.4. The van der Waals surface area contributed by atoms with Crippen molar-refractivity contribution in [1.29, 1.82) is 0 Å². The van der Waals surface area contributed by atoms with Crippen molar-refractivity contribution in [1.82, 2.24) is 0 Å². The number of ketones is 1. The Hall–Kier alpha value is -1.02. The van der Waals surface area contributed by atoms with Crippen LogP contribution in [0.5, 0.6) is 5.75 Å². The van der Waals surface area contributed by atoms with Gasteiger partial charge in [-0.25, -0.2) is 0 Å². The minimum atomic E-state index is 0.179. The van der Waals surface area contributed by atoms with Crippen LogP contribution in [0.15, 0.2) is 18.2 Å². The average Bonchev–Trinajstić information content (AvgIpc) is 2.67. The van der Waals surface area contributed by atoms with E-state index in [-0.39, 0.29) is 11.7 Å². The Morgan fingerprint density at radius 2 is 1.89 bits per heavy atom. The second-order valence-corrected chi connectivity index (χ2v) is 5.31. The van der Waals surface area contributed by atoms with Gasteiger partial charge < -0.3 is 4.74 Å². The molecule has 1 fully saturated rings. The summed E-state index contributed by atoms with van der Waals surface area (Å²) in [5, 5.41) is 0.551. The summed E-state index contributed by atoms with van der Waals surface area (Å²) < 4.78 is 5.16. The quantitative estimate of drug-likeness (QED) is 0.595. The van der Waals surface area contributed by atoms with Gasteiger partial charge in [0.05, 0.1) is 12.1 Å². The first kappa shape index (κ1) is 13.4. The fourth-order valence-corrected chi connectivity index (χ4v) is 2.79. The van der Waals surface area contributed by atoms with Gasteiger partial charge >= 0.3 is 0 Å². The molecule has 1 saturated carbocycles. The van der Waals surface area contributed by atoms with Gasteiger partial charge in [0, 0.05) is 11.5 Å². The number of carbonyl (C=O) groups is 1. The molecule has 2 nitrogen and oxygen atoms in total. The van der Waals surface area contributed by atoms with Crippen molar-refractivity contribution in [3.63, 3.8) is 0 Å². The molecule has 18 heavy (non-hydrogen) atoms. The highest BCUT2D eigenvalue weighted by atomic mass is 35.5. The minimum Gasteiger partial charge on any atom is -0.495 e. The Bertz CT molecular complexity index is 421. The first-order valence-electron chi connectivity index (χ1n) is 6.60. The van der Waals surface area contributed by atoms with Crippen LogP contribution in [0.25, 0.3) is 0 Å². The molecule has 0 spiro atoms. The molecule has 0 heterocycles. The lowest BCUT2D eigenvalue weighted by Gasteiger charge is -2.13. The van der Waals surface area contributed by atoms with Crippen molar-refractivity contribution < 1.29 is 9.53 Å². The van der Waals surface area contributed by atoms with Gasteiger partial charge in [0.2, 0.25) is 0 Å². The van der Waals surface area contributed by atoms with E-state index in [1.54, 1.807) is 25.3 Å². The standard InChI is InChI=1S/C15H19ClO2/c1-18-14-10-12(8-9-13(14)16)15(17)11-6-4-2-3-5-7-11/h8-11H,2-7H2,1H3. The molecule has 1 aliphatic rings. The molecule has 1 aliphatic carbocycles. The number of carbonyl (C=O) groups excluding carboxylic acids is 1. The molecule has 0 aliphatic heterocycles. The zero-order chi connectivity index (χ0) is 13.0. The van der Waals surface area contributed by atoms with Gasteiger partial charge in [0.25, 0.3) is 0 Å². The molecule has 0 radical (unpaired) electrons. The van der Waals surface area contributed by atoms with Crippen molar-refractivity contribution in [3.8, 4) is 5.75 Å². The summed E-state index contributed by atoms with van der Waals surface area (Å²) in [6, 6.07) is 5.30. The Kier molecular flexibility index (Phi) is 4.65. The van der Waals surface area contributed by atoms with Crippen LogP contribution in [0.4, 0.5) is 0 Å². The third kappa shape index (κ3) is 3.05. The van der Waals surface area contributed by atoms with Crippen molar-refractivity contribution >= 4 is 17.4 Å². The molecular formula is C15H19ClO2. The van der Waals surface area contributed by atoms with Gasteiger partial charge in [0.1, 0.15) is 5.75 Å². The predicted octanol–water partition coefficient (Wildman–Crippen LogP) is 4.50. The highest BCUT2D eigenvalue weighted by molar-refractivity contribution is 6.32. The van der Waals surface area contributed by atoms with Crippen LogP contribution < -0.4 is 4.74 Å². The Morgan fingerprint density at radius 1 is 1.22 bits per heavy atom. The molecule has 0 unspecified atom stereocenters. The summed E-state index contributed by atoms with van der Waals surface area (Å²) in [7, 11) is 1.57. The fourth-order valence-electron chi connectivity index (χ4n) is 2.59. The molecule has 1 aromatic carbocycles. The van der Waals surface area contributed by atoms with Gasteiger partial charge in [-0.2, -0.15) is 0 Å². The van der Waals surface area contributed by atoms with Crippen LogP contribution in [0.1, 0.15) is 48.9 Å². The molecule has 2 rings (SSSR count). The topological polar surface area (TPSA) is 26.3 Å². The zero-order valence-electron chi connectivity index (χ0n) is 10.7. The lowest BCUT2D eigenvalue weighted by atomic mass is 9.91. The molecule has 98 valence electrons. The average molecular weight is 267 g/mol. The van der Waals surface area contributed by atoms with Gasteiger partial charge in [-0.3, -0.25) is 4.79 Å². The van der Waals surface area contributed by atoms with E-state index in [1.807, 2.05) is 0 Å². The summed E-state index contributed by atoms with van der Waals surface area (Å²) in [6.07, 6.45) is 6.89. The first-order chi connectivity index (χ1) is 8.72. The van der Waals surface area contributed by atoms with E-state index < -0.39 is 0 Å². The third-order valence-corrected chi connectivity index (χ3v) is 3.97. The molecule has 0 N–H and O–H groups in total. The molecule has 0 amide bonds. The normalized spacial score (nSPS) is 17.2. The van der Waals surface area contributed by atoms with Crippen LogP contribution in [0, 0.1) is 5.92 Å². The molecule has 0 saturated heterocycles. The van der Waals surface area contributed by atoms with Crippen molar-refractivity contribution in [2.45, 2.75) is 38.5 Å². The van der Waals surface area contributed by atoms with E-state index in [9.17, 15) is 4.79 Å². The molecule has 1 aromatic rings. The second-order valence-electron chi connectivity index (χ2n) is 4.90. The zero-order valence-corrected chi connectivity index (χ0v) is 11.5. The van der Waals surface area contributed by atoms with Crippen LogP contribution in [-0.4, -0.2) is 12.9 Å². The number of rotatable bonds is 3. The number of hydrogen-bond acceptors (Lipinski definition) is 2. The maximum Gasteiger partial charge on any atom is 0.166 e. The van der Waals surface area contributed by atoms with Crippen LogP contribution in [-0.2, 0) is 0 Å². The van der Waals surface area contributed by atoms with Crippen molar-refractivity contribution in [2.75, 3.05) is 7.11 Å². The Balaban J connectivity index is 2.16. The number of halogens is 1. The highest BCUT2D eigenvalue weighted by Crippen LogP contribution is 2.30. The Labute approximate surface area is 113 Å². The summed E-state index contributed by atoms with van der Waals surface area (Å²) >= 11 is 5.98. The van der Waals surface area contributed by atoms with E-state index in [2.05, 4.69) is 0 Å². The fraction of sp³-hybridized carbons (Fsp3) is 0.533. The van der Waals surface area contributed by atoms with E-state index in [0.29, 0.717) is 10.8 Å². The number of hydrogen-bond donors (Lipinski definition) is 0. The minimum absolute atomic E-state index is 0.179. The third-order valence-electron chi connectivity index (χ3n) is 3.66. The number of Topliss-reactive ketones (excluding diaryl/α,β-unsaturated/α-hetero) is 1. The maximum atomic E-state index is 12.4. The molecule has 0 aromatic heterocycles. The first-order valence-corrected chi connectivity index (χ1v) is 6.98. The van der Waals surface area contributed by atoms with E-state index in [1.165, 1.54) is 25.7 Å². The monoisotopic (exact) mass is 266 g/mol. The largest absolute Gasteiger partial charge is 0.495 e. The summed E-state index contributed by atoms with van der Waals surface area (Å²) in [5.74, 6) is 1.00. The van der Waals surface area contributed by atoms with Crippen molar-refractivity contribution in [2.24, 2.45) is 5.92 Å². The number of ether oxygens (including phenoxy) is 1.